The first-order valence-corrected chi connectivity index (χ1v) is 7.93. The van der Waals surface area contributed by atoms with Crippen molar-refractivity contribution in [2.75, 3.05) is 18.9 Å². The third-order valence-electron chi connectivity index (χ3n) is 4.25. The number of pyridine rings is 1. The van der Waals surface area contributed by atoms with Gasteiger partial charge in [0.15, 0.2) is 5.96 Å². The number of nitrogens with one attached hydrogen (secondary N) is 1. The van der Waals surface area contributed by atoms with Crippen LogP contribution in [0.25, 0.3) is 0 Å². The van der Waals surface area contributed by atoms with Crippen molar-refractivity contribution in [2.24, 2.45) is 16.6 Å². The molecule has 6 nitrogen and oxygen atoms in total. The first-order valence-electron chi connectivity index (χ1n) is 7.93. The number of anilines is 1. The summed E-state index contributed by atoms with van der Waals surface area (Å²) in [5, 5.41) is 2.96. The number of carbonyl (C=O) groups excluding carboxylic acids is 1. The lowest BCUT2D eigenvalue weighted by Crippen LogP contribution is -2.27. The number of benzene rings is 1. The second kappa shape index (κ2) is 7.12. The second-order valence-electron chi connectivity index (χ2n) is 5.89. The highest BCUT2D eigenvalue weighted by Crippen LogP contribution is 2.36. The highest BCUT2D eigenvalue weighted by atomic mass is 16.2. The van der Waals surface area contributed by atoms with Crippen molar-refractivity contribution in [3.05, 3.63) is 60.3 Å². The lowest BCUT2D eigenvalue weighted by molar-refractivity contribution is -0.127. The van der Waals surface area contributed by atoms with Crippen LogP contribution in [0.15, 0.2) is 59.7 Å². The summed E-state index contributed by atoms with van der Waals surface area (Å²) in [6.45, 7) is 0.487. The number of likely N-dealkylation sites (tertiary alicyclic amines) is 1. The summed E-state index contributed by atoms with van der Waals surface area (Å²) in [5.41, 5.74) is 7.06. The van der Waals surface area contributed by atoms with Gasteiger partial charge in [-0.3, -0.25) is 9.79 Å². The van der Waals surface area contributed by atoms with Crippen molar-refractivity contribution >= 4 is 17.7 Å². The summed E-state index contributed by atoms with van der Waals surface area (Å²) in [7, 11) is 1.85. The van der Waals surface area contributed by atoms with E-state index in [9.17, 15) is 4.79 Å². The number of nitrogens with two attached hydrogens (primary N) is 1. The van der Waals surface area contributed by atoms with Gasteiger partial charge in [0.2, 0.25) is 5.91 Å². The molecule has 1 aliphatic heterocycles. The van der Waals surface area contributed by atoms with Crippen LogP contribution in [0.5, 0.6) is 0 Å². The predicted octanol–water partition coefficient (Wildman–Crippen LogP) is 2.03. The second-order valence-corrected chi connectivity index (χ2v) is 5.89. The van der Waals surface area contributed by atoms with Gasteiger partial charge in [-0.15, -0.1) is 0 Å². The van der Waals surface area contributed by atoms with Crippen LogP contribution < -0.4 is 11.1 Å². The van der Waals surface area contributed by atoms with Crippen molar-refractivity contribution in [1.82, 2.24) is 9.88 Å². The SMILES string of the molecule is CN1C(=O)C[C@@H](CN=C(N)Nc2ccccn2)[C@@H]1c1ccccc1. The lowest BCUT2D eigenvalue weighted by Gasteiger charge is -2.24. The molecule has 24 heavy (non-hydrogen) atoms. The molecule has 6 heteroatoms. The van der Waals surface area contributed by atoms with Crippen LogP contribution in [0.1, 0.15) is 18.0 Å². The smallest absolute Gasteiger partial charge is 0.223 e. The summed E-state index contributed by atoms with van der Waals surface area (Å²) in [4.78, 5) is 22.5. The first-order chi connectivity index (χ1) is 11.6. The molecule has 2 heterocycles. The summed E-state index contributed by atoms with van der Waals surface area (Å²) in [5.74, 6) is 1.20. The van der Waals surface area contributed by atoms with Crippen molar-refractivity contribution in [3.63, 3.8) is 0 Å². The quantitative estimate of drug-likeness (QED) is 0.666. The third-order valence-corrected chi connectivity index (χ3v) is 4.25. The minimum Gasteiger partial charge on any atom is -0.370 e. The third kappa shape index (κ3) is 3.53. The van der Waals surface area contributed by atoms with E-state index < -0.39 is 0 Å². The van der Waals surface area contributed by atoms with E-state index in [1.54, 1.807) is 11.1 Å². The van der Waals surface area contributed by atoms with Gasteiger partial charge in [0, 0.05) is 32.1 Å². The molecule has 1 aromatic heterocycles. The van der Waals surface area contributed by atoms with Gasteiger partial charge >= 0.3 is 0 Å². The summed E-state index contributed by atoms with van der Waals surface area (Å²) < 4.78 is 0. The molecule has 0 bridgehead atoms. The monoisotopic (exact) mass is 323 g/mol. The Labute approximate surface area is 141 Å². The normalized spacial score (nSPS) is 21.1. The van der Waals surface area contributed by atoms with Gasteiger partial charge in [0.25, 0.3) is 0 Å². The molecule has 0 radical (unpaired) electrons. The Morgan fingerprint density at radius 1 is 1.29 bits per heavy atom. The molecule has 0 spiro atoms. The van der Waals surface area contributed by atoms with Gasteiger partial charge in [0.1, 0.15) is 5.82 Å². The Balaban J connectivity index is 1.71. The van der Waals surface area contributed by atoms with E-state index in [2.05, 4.69) is 15.3 Å². The Morgan fingerprint density at radius 3 is 2.75 bits per heavy atom. The summed E-state index contributed by atoms with van der Waals surface area (Å²) in [6, 6.07) is 15.6. The standard InChI is InChI=1S/C18H21N5O/c1-23-16(24)11-14(17(23)13-7-3-2-4-8-13)12-21-18(19)22-15-9-5-6-10-20-15/h2-10,14,17H,11-12H2,1H3,(H3,19,20,21,22)/t14-,17-/m0/s1. The van der Waals surface area contributed by atoms with Gasteiger partial charge in [-0.05, 0) is 17.7 Å². The van der Waals surface area contributed by atoms with Gasteiger partial charge < -0.3 is 16.0 Å². The fraction of sp³-hybridized carbons (Fsp3) is 0.278. The van der Waals surface area contributed by atoms with E-state index in [0.29, 0.717) is 24.7 Å². The Morgan fingerprint density at radius 2 is 2.04 bits per heavy atom. The zero-order valence-electron chi connectivity index (χ0n) is 13.6. The molecule has 1 aromatic carbocycles. The Kier molecular flexibility index (Phi) is 4.74. The number of aliphatic imine (C=N–C) groups is 1. The van der Waals surface area contributed by atoms with Gasteiger partial charge in [-0.2, -0.15) is 0 Å². The van der Waals surface area contributed by atoms with Crippen LogP contribution in [0.4, 0.5) is 5.82 Å². The molecule has 2 atom stereocenters. The van der Waals surface area contributed by atoms with Gasteiger partial charge in [-0.1, -0.05) is 36.4 Å². The first kappa shape index (κ1) is 16.0. The van der Waals surface area contributed by atoms with Gasteiger partial charge in [0.05, 0.1) is 6.04 Å². The minimum atomic E-state index is 0.0325. The number of hydrogen-bond acceptors (Lipinski definition) is 3. The molecule has 1 fully saturated rings. The van der Waals surface area contributed by atoms with Crippen LogP contribution in [0.2, 0.25) is 0 Å². The van der Waals surface area contributed by atoms with Crippen LogP contribution in [-0.4, -0.2) is 35.3 Å². The zero-order chi connectivity index (χ0) is 16.9. The Bertz CT molecular complexity index is 717. The van der Waals surface area contributed by atoms with E-state index in [0.717, 1.165) is 5.56 Å². The summed E-state index contributed by atoms with van der Waals surface area (Å²) in [6.07, 6.45) is 2.17. The van der Waals surface area contributed by atoms with Crippen molar-refractivity contribution in [2.45, 2.75) is 12.5 Å². The molecule has 3 rings (SSSR count). The maximum atomic E-state index is 12.1. The van der Waals surface area contributed by atoms with Crippen LogP contribution in [0.3, 0.4) is 0 Å². The highest BCUT2D eigenvalue weighted by Gasteiger charge is 2.38. The number of carbonyl (C=O) groups is 1. The molecule has 1 saturated heterocycles. The minimum absolute atomic E-state index is 0.0325. The van der Waals surface area contributed by atoms with Crippen LogP contribution >= 0.6 is 0 Å². The topological polar surface area (TPSA) is 83.6 Å². The number of hydrogen-bond donors (Lipinski definition) is 2. The zero-order valence-corrected chi connectivity index (χ0v) is 13.6. The fourth-order valence-electron chi connectivity index (χ4n) is 3.08. The maximum Gasteiger partial charge on any atom is 0.223 e. The number of amides is 1. The molecule has 0 unspecified atom stereocenters. The van der Waals surface area contributed by atoms with E-state index in [1.165, 1.54) is 0 Å². The molecule has 1 aliphatic rings. The van der Waals surface area contributed by atoms with Crippen LogP contribution in [0, 0.1) is 5.92 Å². The number of aromatic nitrogens is 1. The molecule has 3 N–H and O–H groups in total. The van der Waals surface area contributed by atoms with Crippen LogP contribution in [-0.2, 0) is 4.79 Å². The van der Waals surface area contributed by atoms with E-state index in [-0.39, 0.29) is 17.9 Å². The number of guanidine groups is 1. The lowest BCUT2D eigenvalue weighted by atomic mass is 9.94. The molecular formula is C18H21N5O. The number of rotatable bonds is 4. The largest absolute Gasteiger partial charge is 0.370 e. The van der Waals surface area contributed by atoms with E-state index in [4.69, 9.17) is 5.73 Å². The van der Waals surface area contributed by atoms with E-state index in [1.807, 2.05) is 55.6 Å². The predicted molar refractivity (Wildman–Crippen MR) is 94.4 cm³/mol. The summed E-state index contributed by atoms with van der Waals surface area (Å²) >= 11 is 0. The average Bonchev–Trinajstić information content (AvgIpc) is 2.89. The number of nitrogens with zero attached hydrogens (tertiary/aromatic N) is 3. The highest BCUT2D eigenvalue weighted by molar-refractivity contribution is 5.91. The molecule has 0 saturated carbocycles. The van der Waals surface area contributed by atoms with E-state index >= 15 is 0 Å². The molecule has 124 valence electrons. The van der Waals surface area contributed by atoms with Crippen molar-refractivity contribution < 1.29 is 4.79 Å². The molecular weight excluding hydrogens is 302 g/mol. The van der Waals surface area contributed by atoms with Gasteiger partial charge in [-0.25, -0.2) is 4.98 Å². The molecule has 0 aliphatic carbocycles. The van der Waals surface area contributed by atoms with Crippen molar-refractivity contribution in [1.29, 1.82) is 0 Å². The Hall–Kier alpha value is -2.89. The van der Waals surface area contributed by atoms with Crippen molar-refractivity contribution in [3.8, 4) is 0 Å². The average molecular weight is 323 g/mol. The fourth-order valence-corrected chi connectivity index (χ4v) is 3.08. The molecule has 1 amide bonds. The molecule has 2 aromatic rings. The maximum absolute atomic E-state index is 12.1.